The first-order valence-electron chi connectivity index (χ1n) is 7.35. The summed E-state index contributed by atoms with van der Waals surface area (Å²) < 4.78 is 0. The van der Waals surface area contributed by atoms with Crippen LogP contribution in [-0.4, -0.2) is 24.8 Å². The molecule has 4 nitrogen and oxygen atoms in total. The zero-order valence-electron chi connectivity index (χ0n) is 12.7. The van der Waals surface area contributed by atoms with Gasteiger partial charge in [0, 0.05) is 23.4 Å². The van der Waals surface area contributed by atoms with E-state index in [2.05, 4.69) is 6.92 Å². The van der Waals surface area contributed by atoms with Crippen LogP contribution in [0.1, 0.15) is 34.1 Å². The molecule has 0 aliphatic carbocycles. The summed E-state index contributed by atoms with van der Waals surface area (Å²) in [4.78, 5) is 25.5. The average Bonchev–Trinajstić information content (AvgIpc) is 2.55. The summed E-state index contributed by atoms with van der Waals surface area (Å²) in [7, 11) is 0. The third-order valence-electron chi connectivity index (χ3n) is 3.44. The highest BCUT2D eigenvalue weighted by molar-refractivity contribution is 5.99. The van der Waals surface area contributed by atoms with Gasteiger partial charge in [-0.15, -0.1) is 0 Å². The largest absolute Gasteiger partial charge is 0.366 e. The van der Waals surface area contributed by atoms with Crippen LogP contribution in [0, 0.1) is 0 Å². The SMILES string of the molecule is CCCN(CC(=O)c1ccccc1)c1ccc(C(N)=O)cc1. The normalized spacial score (nSPS) is 10.2. The van der Waals surface area contributed by atoms with Gasteiger partial charge in [-0.25, -0.2) is 0 Å². The van der Waals surface area contributed by atoms with E-state index in [1.165, 1.54) is 0 Å². The second-order valence-corrected chi connectivity index (χ2v) is 5.12. The Balaban J connectivity index is 2.15. The van der Waals surface area contributed by atoms with Crippen molar-refractivity contribution >= 4 is 17.4 Å². The van der Waals surface area contributed by atoms with Gasteiger partial charge in [-0.1, -0.05) is 37.3 Å². The molecule has 0 aliphatic heterocycles. The van der Waals surface area contributed by atoms with E-state index in [0.29, 0.717) is 17.7 Å². The maximum Gasteiger partial charge on any atom is 0.248 e. The van der Waals surface area contributed by atoms with Gasteiger partial charge in [-0.05, 0) is 30.7 Å². The Kier molecular flexibility index (Phi) is 5.31. The van der Waals surface area contributed by atoms with Gasteiger partial charge in [0.15, 0.2) is 5.78 Å². The van der Waals surface area contributed by atoms with E-state index in [1.54, 1.807) is 12.1 Å². The number of nitrogens with two attached hydrogens (primary N) is 1. The van der Waals surface area contributed by atoms with Crippen molar-refractivity contribution in [2.45, 2.75) is 13.3 Å². The van der Waals surface area contributed by atoms with Crippen LogP contribution in [0.25, 0.3) is 0 Å². The van der Waals surface area contributed by atoms with Crippen LogP contribution in [0.3, 0.4) is 0 Å². The lowest BCUT2D eigenvalue weighted by Crippen LogP contribution is -2.30. The van der Waals surface area contributed by atoms with Crippen LogP contribution in [0.5, 0.6) is 0 Å². The summed E-state index contributed by atoms with van der Waals surface area (Å²) in [6.45, 7) is 3.15. The predicted molar refractivity (Wildman–Crippen MR) is 88.2 cm³/mol. The van der Waals surface area contributed by atoms with E-state index >= 15 is 0 Å². The first-order chi connectivity index (χ1) is 10.6. The topological polar surface area (TPSA) is 63.4 Å². The monoisotopic (exact) mass is 296 g/mol. The second kappa shape index (κ2) is 7.41. The molecule has 4 heteroatoms. The van der Waals surface area contributed by atoms with Crippen LogP contribution >= 0.6 is 0 Å². The first-order valence-corrected chi connectivity index (χ1v) is 7.35. The molecule has 0 radical (unpaired) electrons. The molecule has 0 aliphatic rings. The van der Waals surface area contributed by atoms with E-state index in [-0.39, 0.29) is 5.78 Å². The van der Waals surface area contributed by atoms with Crippen molar-refractivity contribution in [2.24, 2.45) is 5.73 Å². The number of carbonyl (C=O) groups is 2. The molecule has 0 atom stereocenters. The van der Waals surface area contributed by atoms with Crippen LogP contribution in [0.15, 0.2) is 54.6 Å². The van der Waals surface area contributed by atoms with E-state index in [0.717, 1.165) is 18.7 Å². The van der Waals surface area contributed by atoms with Crippen molar-refractivity contribution in [1.82, 2.24) is 0 Å². The van der Waals surface area contributed by atoms with E-state index in [9.17, 15) is 9.59 Å². The fourth-order valence-corrected chi connectivity index (χ4v) is 2.29. The molecule has 0 spiro atoms. The molecule has 2 N–H and O–H groups in total. The van der Waals surface area contributed by atoms with E-state index in [1.807, 2.05) is 47.4 Å². The van der Waals surface area contributed by atoms with Gasteiger partial charge >= 0.3 is 0 Å². The van der Waals surface area contributed by atoms with Crippen LogP contribution in [0.2, 0.25) is 0 Å². The molecule has 0 heterocycles. The van der Waals surface area contributed by atoms with Gasteiger partial charge in [-0.2, -0.15) is 0 Å². The summed E-state index contributed by atoms with van der Waals surface area (Å²) in [5.41, 5.74) is 7.33. The summed E-state index contributed by atoms with van der Waals surface area (Å²) in [6, 6.07) is 16.3. The van der Waals surface area contributed by atoms with Gasteiger partial charge in [0.25, 0.3) is 0 Å². The minimum absolute atomic E-state index is 0.0769. The summed E-state index contributed by atoms with van der Waals surface area (Å²) in [5.74, 6) is -0.373. The second-order valence-electron chi connectivity index (χ2n) is 5.12. The van der Waals surface area contributed by atoms with Crippen molar-refractivity contribution in [3.05, 3.63) is 65.7 Å². The van der Waals surface area contributed by atoms with Crippen molar-refractivity contribution in [3.8, 4) is 0 Å². The van der Waals surface area contributed by atoms with Crippen LogP contribution in [-0.2, 0) is 0 Å². The van der Waals surface area contributed by atoms with Crippen LogP contribution < -0.4 is 10.6 Å². The summed E-state index contributed by atoms with van der Waals surface area (Å²) in [5, 5.41) is 0. The lowest BCUT2D eigenvalue weighted by molar-refractivity contribution is 0.0990. The number of carbonyl (C=O) groups excluding carboxylic acids is 2. The number of hydrogen-bond donors (Lipinski definition) is 1. The lowest BCUT2D eigenvalue weighted by atomic mass is 10.1. The van der Waals surface area contributed by atoms with Crippen LogP contribution in [0.4, 0.5) is 5.69 Å². The summed E-state index contributed by atoms with van der Waals surface area (Å²) >= 11 is 0. The molecular weight excluding hydrogens is 276 g/mol. The van der Waals surface area contributed by atoms with Gasteiger partial charge in [-0.3, -0.25) is 9.59 Å². The highest BCUT2D eigenvalue weighted by atomic mass is 16.1. The molecule has 0 saturated heterocycles. The Morgan fingerprint density at radius 1 is 0.955 bits per heavy atom. The zero-order valence-corrected chi connectivity index (χ0v) is 12.7. The van der Waals surface area contributed by atoms with Gasteiger partial charge in [0.1, 0.15) is 0 Å². The number of Topliss-reactive ketones (excluding diaryl/α,β-unsaturated/α-hetero) is 1. The summed E-state index contributed by atoms with van der Waals surface area (Å²) in [6.07, 6.45) is 0.930. The maximum absolute atomic E-state index is 12.4. The molecule has 0 unspecified atom stereocenters. The number of nitrogens with zero attached hydrogens (tertiary/aromatic N) is 1. The Hall–Kier alpha value is -2.62. The minimum atomic E-state index is -0.450. The van der Waals surface area contributed by atoms with Gasteiger partial charge in [0.2, 0.25) is 5.91 Å². The van der Waals surface area contributed by atoms with Gasteiger partial charge < -0.3 is 10.6 Å². The number of primary amides is 1. The molecule has 0 aromatic heterocycles. The molecule has 0 saturated carbocycles. The Morgan fingerprint density at radius 3 is 2.14 bits per heavy atom. The fraction of sp³-hybridized carbons (Fsp3) is 0.222. The maximum atomic E-state index is 12.4. The smallest absolute Gasteiger partial charge is 0.248 e. The Morgan fingerprint density at radius 2 is 1.59 bits per heavy atom. The molecule has 2 rings (SSSR count). The van der Waals surface area contributed by atoms with Crippen molar-refractivity contribution < 1.29 is 9.59 Å². The standard InChI is InChI=1S/C18H20N2O2/c1-2-12-20(13-17(21)14-6-4-3-5-7-14)16-10-8-15(9-11-16)18(19)22/h3-11H,2,12-13H2,1H3,(H2,19,22). The molecule has 114 valence electrons. The van der Waals surface area contributed by atoms with E-state index in [4.69, 9.17) is 5.73 Å². The third kappa shape index (κ3) is 3.95. The number of anilines is 1. The molecule has 2 aromatic rings. The number of rotatable bonds is 7. The molecular formula is C18H20N2O2. The van der Waals surface area contributed by atoms with E-state index < -0.39 is 5.91 Å². The van der Waals surface area contributed by atoms with Crippen molar-refractivity contribution in [2.75, 3.05) is 18.0 Å². The highest BCUT2D eigenvalue weighted by Gasteiger charge is 2.13. The average molecular weight is 296 g/mol. The zero-order chi connectivity index (χ0) is 15.9. The first kappa shape index (κ1) is 15.8. The Labute approximate surface area is 130 Å². The van der Waals surface area contributed by atoms with Crippen molar-refractivity contribution in [1.29, 1.82) is 0 Å². The lowest BCUT2D eigenvalue weighted by Gasteiger charge is -2.23. The third-order valence-corrected chi connectivity index (χ3v) is 3.44. The molecule has 1 amide bonds. The Bertz CT molecular complexity index is 636. The number of amides is 1. The molecule has 0 bridgehead atoms. The molecule has 0 fully saturated rings. The number of hydrogen-bond acceptors (Lipinski definition) is 3. The molecule has 2 aromatic carbocycles. The number of benzene rings is 2. The predicted octanol–water partition coefficient (Wildman–Crippen LogP) is 2.88. The van der Waals surface area contributed by atoms with Crippen molar-refractivity contribution in [3.63, 3.8) is 0 Å². The minimum Gasteiger partial charge on any atom is -0.366 e. The van der Waals surface area contributed by atoms with Gasteiger partial charge in [0.05, 0.1) is 6.54 Å². The molecule has 22 heavy (non-hydrogen) atoms. The quantitative estimate of drug-likeness (QED) is 0.799. The highest BCUT2D eigenvalue weighted by Crippen LogP contribution is 2.16. The fourth-order valence-electron chi connectivity index (χ4n) is 2.29. The number of ketones is 1.